The monoisotopic (exact) mass is 241 g/mol. The van der Waals surface area contributed by atoms with E-state index in [0.717, 1.165) is 12.8 Å². The fourth-order valence-electron chi connectivity index (χ4n) is 3.30. The number of hydrogen-bond acceptors (Lipinski definition) is 3. The zero-order chi connectivity index (χ0) is 13.1. The summed E-state index contributed by atoms with van der Waals surface area (Å²) in [6.07, 6.45) is 3.22. The van der Waals surface area contributed by atoms with Crippen LogP contribution in [0.25, 0.3) is 0 Å². The van der Waals surface area contributed by atoms with Crippen molar-refractivity contribution in [1.82, 2.24) is 5.32 Å². The highest BCUT2D eigenvalue weighted by Gasteiger charge is 2.49. The molecule has 0 aromatic heterocycles. The van der Waals surface area contributed by atoms with Crippen LogP contribution < -0.4 is 5.32 Å². The zero-order valence-electron chi connectivity index (χ0n) is 11.9. The predicted octanol–water partition coefficient (Wildman–Crippen LogP) is 2.60. The van der Waals surface area contributed by atoms with Gasteiger partial charge in [0, 0.05) is 0 Å². The molecule has 3 nitrogen and oxygen atoms in total. The van der Waals surface area contributed by atoms with Gasteiger partial charge in [-0.1, -0.05) is 27.2 Å². The zero-order valence-corrected chi connectivity index (χ0v) is 11.9. The molecule has 0 bridgehead atoms. The fraction of sp³-hybridized carbons (Fsp3) is 0.929. The Kier molecular flexibility index (Phi) is 4.99. The Morgan fingerprint density at radius 1 is 1.47 bits per heavy atom. The van der Waals surface area contributed by atoms with E-state index in [1.807, 2.05) is 14.0 Å². The van der Waals surface area contributed by atoms with Gasteiger partial charge in [-0.25, -0.2) is 0 Å². The molecule has 1 rings (SSSR count). The van der Waals surface area contributed by atoms with Gasteiger partial charge in [0.05, 0.1) is 6.61 Å². The number of ether oxygens (including phenoxy) is 1. The second-order valence-electron chi connectivity index (χ2n) is 5.68. The van der Waals surface area contributed by atoms with Crippen molar-refractivity contribution in [2.24, 2.45) is 17.8 Å². The standard InChI is InChI=1S/C14H27NO2/c1-6-17-13(16)14(15-5)9-11(4)7-8-12(14)10(2)3/h10-12,15H,6-9H2,1-5H3. The molecule has 1 fully saturated rings. The molecule has 0 amide bonds. The number of rotatable bonds is 4. The Morgan fingerprint density at radius 3 is 2.59 bits per heavy atom. The first-order valence-electron chi connectivity index (χ1n) is 6.84. The Balaban J connectivity index is 2.99. The van der Waals surface area contributed by atoms with Gasteiger partial charge in [-0.3, -0.25) is 4.79 Å². The van der Waals surface area contributed by atoms with Crippen molar-refractivity contribution in [1.29, 1.82) is 0 Å². The Bertz CT molecular complexity index is 265. The van der Waals surface area contributed by atoms with Gasteiger partial charge >= 0.3 is 5.97 Å². The van der Waals surface area contributed by atoms with Crippen LogP contribution in [0.15, 0.2) is 0 Å². The molecule has 0 spiro atoms. The minimum Gasteiger partial charge on any atom is -0.465 e. The van der Waals surface area contributed by atoms with E-state index in [0.29, 0.717) is 24.4 Å². The molecule has 0 aromatic carbocycles. The third-order valence-electron chi connectivity index (χ3n) is 4.16. The van der Waals surface area contributed by atoms with Crippen LogP contribution in [0, 0.1) is 17.8 Å². The van der Waals surface area contributed by atoms with Crippen LogP contribution in [0.3, 0.4) is 0 Å². The molecule has 0 heterocycles. The number of hydrogen-bond donors (Lipinski definition) is 1. The number of esters is 1. The highest BCUT2D eigenvalue weighted by Crippen LogP contribution is 2.41. The average molecular weight is 241 g/mol. The average Bonchev–Trinajstić information content (AvgIpc) is 2.28. The van der Waals surface area contributed by atoms with Crippen LogP contribution in [-0.2, 0) is 9.53 Å². The molecular weight excluding hydrogens is 214 g/mol. The first-order valence-corrected chi connectivity index (χ1v) is 6.84. The summed E-state index contributed by atoms with van der Waals surface area (Å²) in [7, 11) is 1.89. The van der Waals surface area contributed by atoms with Gasteiger partial charge in [-0.15, -0.1) is 0 Å². The van der Waals surface area contributed by atoms with Gasteiger partial charge in [0.15, 0.2) is 0 Å². The van der Waals surface area contributed by atoms with Gasteiger partial charge in [-0.05, 0) is 44.6 Å². The van der Waals surface area contributed by atoms with Crippen molar-refractivity contribution in [3.63, 3.8) is 0 Å². The van der Waals surface area contributed by atoms with Gasteiger partial charge in [-0.2, -0.15) is 0 Å². The summed E-state index contributed by atoms with van der Waals surface area (Å²) in [5.41, 5.74) is -0.470. The van der Waals surface area contributed by atoms with Gasteiger partial charge in [0.1, 0.15) is 5.54 Å². The van der Waals surface area contributed by atoms with Crippen LogP contribution >= 0.6 is 0 Å². The molecule has 0 aromatic rings. The lowest BCUT2D eigenvalue weighted by Gasteiger charge is -2.46. The Labute approximate surface area is 105 Å². The molecule has 1 aliphatic carbocycles. The summed E-state index contributed by atoms with van der Waals surface area (Å²) in [6, 6.07) is 0. The normalized spacial score (nSPS) is 33.8. The van der Waals surface area contributed by atoms with Crippen LogP contribution in [0.4, 0.5) is 0 Å². The SMILES string of the molecule is CCOC(=O)C1(NC)CC(C)CCC1C(C)C. The van der Waals surface area contributed by atoms with E-state index in [2.05, 4.69) is 26.1 Å². The molecule has 3 heteroatoms. The highest BCUT2D eigenvalue weighted by atomic mass is 16.5. The minimum atomic E-state index is -0.470. The van der Waals surface area contributed by atoms with Crippen molar-refractivity contribution in [2.45, 2.75) is 52.5 Å². The first-order chi connectivity index (χ1) is 7.97. The van der Waals surface area contributed by atoms with E-state index in [1.54, 1.807) is 0 Å². The van der Waals surface area contributed by atoms with E-state index in [1.165, 1.54) is 6.42 Å². The number of carbonyl (C=O) groups excluding carboxylic acids is 1. The van der Waals surface area contributed by atoms with Crippen LogP contribution in [0.1, 0.15) is 47.0 Å². The maximum absolute atomic E-state index is 12.3. The van der Waals surface area contributed by atoms with Crippen molar-refractivity contribution in [2.75, 3.05) is 13.7 Å². The van der Waals surface area contributed by atoms with Gasteiger partial charge < -0.3 is 10.1 Å². The number of nitrogens with one attached hydrogen (secondary N) is 1. The Hall–Kier alpha value is -0.570. The molecule has 3 unspecified atom stereocenters. The molecule has 17 heavy (non-hydrogen) atoms. The number of carbonyl (C=O) groups is 1. The lowest BCUT2D eigenvalue weighted by atomic mass is 9.65. The molecule has 1 N–H and O–H groups in total. The smallest absolute Gasteiger partial charge is 0.326 e. The highest BCUT2D eigenvalue weighted by molar-refractivity contribution is 5.81. The second kappa shape index (κ2) is 5.85. The van der Waals surface area contributed by atoms with E-state index in [4.69, 9.17) is 4.74 Å². The minimum absolute atomic E-state index is 0.0623. The quantitative estimate of drug-likeness (QED) is 0.769. The van der Waals surface area contributed by atoms with Crippen LogP contribution in [0.5, 0.6) is 0 Å². The lowest BCUT2D eigenvalue weighted by Crippen LogP contribution is -2.60. The summed E-state index contributed by atoms with van der Waals surface area (Å²) < 4.78 is 5.30. The second-order valence-corrected chi connectivity index (χ2v) is 5.68. The summed E-state index contributed by atoms with van der Waals surface area (Å²) in [6.45, 7) is 8.96. The van der Waals surface area contributed by atoms with Gasteiger partial charge in [0.2, 0.25) is 0 Å². The van der Waals surface area contributed by atoms with Crippen molar-refractivity contribution >= 4 is 5.97 Å². The van der Waals surface area contributed by atoms with E-state index in [-0.39, 0.29) is 5.97 Å². The maximum Gasteiger partial charge on any atom is 0.326 e. The molecule has 1 saturated carbocycles. The topological polar surface area (TPSA) is 38.3 Å². The van der Waals surface area contributed by atoms with Crippen molar-refractivity contribution in [3.05, 3.63) is 0 Å². The van der Waals surface area contributed by atoms with Gasteiger partial charge in [0.25, 0.3) is 0 Å². The molecule has 0 aliphatic heterocycles. The first kappa shape index (κ1) is 14.5. The van der Waals surface area contributed by atoms with Crippen molar-refractivity contribution in [3.8, 4) is 0 Å². The maximum atomic E-state index is 12.3. The molecule has 0 radical (unpaired) electrons. The van der Waals surface area contributed by atoms with Crippen LogP contribution in [0.2, 0.25) is 0 Å². The molecule has 3 atom stereocenters. The molecule has 0 saturated heterocycles. The summed E-state index contributed by atoms with van der Waals surface area (Å²) in [4.78, 5) is 12.3. The third kappa shape index (κ3) is 2.82. The summed E-state index contributed by atoms with van der Waals surface area (Å²) in [5.74, 6) is 1.40. The predicted molar refractivity (Wildman–Crippen MR) is 69.8 cm³/mol. The van der Waals surface area contributed by atoms with Crippen LogP contribution in [-0.4, -0.2) is 25.2 Å². The third-order valence-corrected chi connectivity index (χ3v) is 4.16. The largest absolute Gasteiger partial charge is 0.465 e. The van der Waals surface area contributed by atoms with E-state index >= 15 is 0 Å². The fourth-order valence-corrected chi connectivity index (χ4v) is 3.30. The van der Waals surface area contributed by atoms with E-state index in [9.17, 15) is 4.79 Å². The number of likely N-dealkylation sites (N-methyl/N-ethyl adjacent to an activating group) is 1. The molecule has 100 valence electrons. The lowest BCUT2D eigenvalue weighted by molar-refractivity contribution is -0.157. The molecule has 1 aliphatic rings. The summed E-state index contributed by atoms with van der Waals surface area (Å²) >= 11 is 0. The molecular formula is C14H27NO2. The summed E-state index contributed by atoms with van der Waals surface area (Å²) in [5, 5.41) is 3.29. The van der Waals surface area contributed by atoms with E-state index < -0.39 is 5.54 Å². The van der Waals surface area contributed by atoms with Crippen molar-refractivity contribution < 1.29 is 9.53 Å². The Morgan fingerprint density at radius 2 is 2.12 bits per heavy atom.